The summed E-state index contributed by atoms with van der Waals surface area (Å²) < 4.78 is 1.42. The van der Waals surface area contributed by atoms with E-state index in [0.717, 1.165) is 6.42 Å². The third-order valence-electron chi connectivity index (χ3n) is 11.8. The van der Waals surface area contributed by atoms with Crippen LogP contribution in [0.1, 0.15) is 75.8 Å². The molecule has 9 rings (SSSR count). The van der Waals surface area contributed by atoms with Gasteiger partial charge in [-0.25, -0.2) is 0 Å². The van der Waals surface area contributed by atoms with E-state index in [-0.39, 0.29) is 10.8 Å². The van der Waals surface area contributed by atoms with Crippen LogP contribution >= 0.6 is 0 Å². The average Bonchev–Trinajstić information content (AvgIpc) is 3.92. The van der Waals surface area contributed by atoms with E-state index in [1.807, 2.05) is 0 Å². The number of rotatable bonds is 6. The number of hydrogen-bond donors (Lipinski definition) is 0. The van der Waals surface area contributed by atoms with Crippen LogP contribution in [-0.4, -0.2) is 3.21 Å². The van der Waals surface area contributed by atoms with Gasteiger partial charge in [-0.15, -0.1) is 33.7 Å². The minimum atomic E-state index is -0.402. The predicted octanol–water partition coefficient (Wildman–Crippen LogP) is 12.5. The molecular formula is C57H51Zr-. The quantitative estimate of drug-likeness (QED) is 0.147. The van der Waals surface area contributed by atoms with Gasteiger partial charge in [-0.1, -0.05) is 185 Å². The van der Waals surface area contributed by atoms with Gasteiger partial charge in [0.1, 0.15) is 0 Å². The summed E-state index contributed by atoms with van der Waals surface area (Å²) in [6.45, 7) is 14.2. The number of benzene rings is 6. The normalized spacial score (nSPS) is 17.0. The van der Waals surface area contributed by atoms with Gasteiger partial charge in [0.25, 0.3) is 0 Å². The van der Waals surface area contributed by atoms with E-state index in [4.69, 9.17) is 0 Å². The molecule has 0 amide bonds. The second-order valence-corrected chi connectivity index (χ2v) is 18.8. The molecule has 0 heterocycles. The Bertz CT molecular complexity index is 2670. The van der Waals surface area contributed by atoms with E-state index >= 15 is 0 Å². The van der Waals surface area contributed by atoms with Crippen LogP contribution in [-0.2, 0) is 35.1 Å². The summed E-state index contributed by atoms with van der Waals surface area (Å²) in [5, 5.41) is 2.50. The van der Waals surface area contributed by atoms with Crippen molar-refractivity contribution >= 4 is 20.4 Å². The molecule has 0 aliphatic heterocycles. The number of hydrogen-bond acceptors (Lipinski definition) is 0. The van der Waals surface area contributed by atoms with Crippen molar-refractivity contribution in [2.24, 2.45) is 5.41 Å². The molecule has 0 saturated heterocycles. The summed E-state index contributed by atoms with van der Waals surface area (Å²) in [5.41, 5.74) is 15.3. The molecule has 0 nitrogen and oxygen atoms in total. The molecule has 0 radical (unpaired) electrons. The van der Waals surface area contributed by atoms with Gasteiger partial charge in [0.15, 0.2) is 0 Å². The molecule has 0 spiro atoms. The first-order valence-electron chi connectivity index (χ1n) is 20.5. The predicted molar refractivity (Wildman–Crippen MR) is 244 cm³/mol. The number of fused-ring (bicyclic) bond motifs is 2. The van der Waals surface area contributed by atoms with Gasteiger partial charge in [-0.05, 0) is 39.5 Å². The van der Waals surface area contributed by atoms with Crippen LogP contribution in [0.25, 0.3) is 28.3 Å². The second kappa shape index (κ2) is 16.2. The van der Waals surface area contributed by atoms with Crippen LogP contribution in [0.2, 0.25) is 0 Å². The SMILES string of the molecule is CC(C)(C)c1cc(-c2ccccc2)c2c(c1)=[C-]C1=C(C3=CC=CC3)C(c3ccccc3)(C(C)(C)C)C(c3ccccc3)=CC=21.[Zr]=[C](c1ccccc1)c1ccccc1. The molecule has 3 aliphatic rings. The van der Waals surface area contributed by atoms with Gasteiger partial charge in [0, 0.05) is 5.41 Å². The Morgan fingerprint density at radius 1 is 0.621 bits per heavy atom. The van der Waals surface area contributed by atoms with Gasteiger partial charge < -0.3 is 0 Å². The van der Waals surface area contributed by atoms with Gasteiger partial charge in [-0.2, -0.15) is 0 Å². The minimum absolute atomic E-state index is 0.0119. The van der Waals surface area contributed by atoms with E-state index in [9.17, 15) is 0 Å². The zero-order chi connectivity index (χ0) is 40.5. The first kappa shape index (κ1) is 39.6. The Labute approximate surface area is 360 Å². The van der Waals surface area contributed by atoms with Crippen LogP contribution in [0.3, 0.4) is 0 Å². The molecule has 0 saturated carbocycles. The third-order valence-corrected chi connectivity index (χ3v) is 13.3. The molecule has 3 aliphatic carbocycles. The topological polar surface area (TPSA) is 0 Å². The van der Waals surface area contributed by atoms with Crippen molar-refractivity contribution in [1.29, 1.82) is 0 Å². The molecule has 6 aromatic rings. The molecule has 6 aromatic carbocycles. The molecule has 1 heteroatoms. The van der Waals surface area contributed by atoms with Gasteiger partial charge in [-0.3, -0.25) is 0 Å². The third kappa shape index (κ3) is 7.36. The van der Waals surface area contributed by atoms with Crippen molar-refractivity contribution < 1.29 is 24.2 Å². The summed E-state index contributed by atoms with van der Waals surface area (Å²) in [7, 11) is 0. The van der Waals surface area contributed by atoms with Gasteiger partial charge >= 0.3 is 99.2 Å². The maximum atomic E-state index is 4.08. The van der Waals surface area contributed by atoms with Crippen LogP contribution < -0.4 is 10.4 Å². The van der Waals surface area contributed by atoms with Gasteiger partial charge in [0.05, 0.1) is 0 Å². The standard InChI is InChI=1S/C44H41.C13H10.Zr/c1-42(2,3)35-26-33-27-38-37(40(33)36(28-35)30-18-10-7-11-19-30)29-39(31-20-12-8-13-21-31)44(43(4,5)6,34-24-14-9-15-25-34)41(38)32-22-16-17-23-32;1-3-7-12(8-4-1)11-13-9-5-2-6-10-13;/h7-22,24-26,28-29H,23H2,1-6H3;1-10H;/q-1;;. The maximum absolute atomic E-state index is 4.08. The van der Waals surface area contributed by atoms with E-state index in [0.29, 0.717) is 0 Å². The number of allylic oxidation sites excluding steroid dienone is 8. The molecule has 1 atom stereocenters. The summed E-state index contributed by atoms with van der Waals surface area (Å²) in [6, 6.07) is 59.2. The summed E-state index contributed by atoms with van der Waals surface area (Å²) >= 11 is 1.46. The summed E-state index contributed by atoms with van der Waals surface area (Å²) in [4.78, 5) is 0. The van der Waals surface area contributed by atoms with E-state index < -0.39 is 5.41 Å². The van der Waals surface area contributed by atoms with Crippen LogP contribution in [0.15, 0.2) is 205 Å². The van der Waals surface area contributed by atoms with E-state index in [2.05, 4.69) is 236 Å². The summed E-state index contributed by atoms with van der Waals surface area (Å²) in [5.74, 6) is 0. The van der Waals surface area contributed by atoms with Crippen molar-refractivity contribution in [3.05, 3.63) is 243 Å². The molecule has 0 fully saturated rings. The Morgan fingerprint density at radius 2 is 1.14 bits per heavy atom. The van der Waals surface area contributed by atoms with Crippen LogP contribution in [0, 0.1) is 5.41 Å². The Morgan fingerprint density at radius 3 is 1.64 bits per heavy atom. The molecule has 1 unspecified atom stereocenters. The monoisotopic (exact) mass is 825 g/mol. The zero-order valence-corrected chi connectivity index (χ0v) is 37.1. The first-order valence-corrected chi connectivity index (χ1v) is 21.7. The molecular weight excluding hydrogens is 776 g/mol. The fourth-order valence-corrected chi connectivity index (χ4v) is 9.90. The molecule has 0 bridgehead atoms. The van der Waals surface area contributed by atoms with Crippen molar-refractivity contribution in [1.82, 2.24) is 0 Å². The summed E-state index contributed by atoms with van der Waals surface area (Å²) in [6.07, 6.45) is 14.4. The average molecular weight is 827 g/mol. The van der Waals surface area contributed by atoms with E-state index in [1.54, 1.807) is 0 Å². The zero-order valence-electron chi connectivity index (χ0n) is 34.6. The Kier molecular flexibility index (Phi) is 11.1. The molecule has 284 valence electrons. The van der Waals surface area contributed by atoms with Crippen molar-refractivity contribution in [3.63, 3.8) is 0 Å². The van der Waals surface area contributed by atoms with Gasteiger partial charge in [0.2, 0.25) is 0 Å². The van der Waals surface area contributed by atoms with E-state index in [1.165, 1.54) is 105 Å². The molecule has 0 N–H and O–H groups in total. The van der Waals surface area contributed by atoms with Crippen LogP contribution in [0.4, 0.5) is 0 Å². The van der Waals surface area contributed by atoms with Crippen molar-refractivity contribution in [3.8, 4) is 11.1 Å². The Hall–Kier alpha value is -5.23. The van der Waals surface area contributed by atoms with Crippen LogP contribution in [0.5, 0.6) is 0 Å². The molecule has 0 aromatic heterocycles. The first-order chi connectivity index (χ1) is 28.0. The fraction of sp³-hybridized carbons (Fsp3) is 0.175. The second-order valence-electron chi connectivity index (χ2n) is 17.6. The fourth-order valence-electron chi connectivity index (χ4n) is 9.08. The van der Waals surface area contributed by atoms with Crippen molar-refractivity contribution in [2.45, 2.75) is 58.8 Å². The van der Waals surface area contributed by atoms with Crippen molar-refractivity contribution in [2.75, 3.05) is 0 Å². The Balaban J connectivity index is 0.000000283. The molecule has 58 heavy (non-hydrogen) atoms.